The molecule has 0 spiro atoms. The van der Waals surface area contributed by atoms with Gasteiger partial charge in [0.1, 0.15) is 0 Å². The number of aromatic nitrogens is 2. The third-order valence-electron chi connectivity index (χ3n) is 3.75. The van der Waals surface area contributed by atoms with Gasteiger partial charge in [-0.3, -0.25) is 4.79 Å². The average molecular weight is 349 g/mol. The van der Waals surface area contributed by atoms with E-state index in [0.29, 0.717) is 5.16 Å². The first-order valence-corrected chi connectivity index (χ1v) is 8.96. The van der Waals surface area contributed by atoms with Gasteiger partial charge in [0.2, 0.25) is 5.91 Å². The van der Waals surface area contributed by atoms with Crippen molar-refractivity contribution < 1.29 is 4.79 Å². The first-order valence-electron chi connectivity index (χ1n) is 8.08. The molecular formula is C20H19N3OS. The molecule has 0 saturated heterocycles. The molecule has 1 amide bonds. The van der Waals surface area contributed by atoms with Crippen LogP contribution in [0.5, 0.6) is 0 Å². The van der Waals surface area contributed by atoms with Crippen LogP contribution in [-0.2, 0) is 4.79 Å². The molecule has 1 N–H and O–H groups in total. The third-order valence-corrected chi connectivity index (χ3v) is 4.74. The Hall–Kier alpha value is -2.66. The Labute approximate surface area is 151 Å². The van der Waals surface area contributed by atoms with E-state index in [0.717, 1.165) is 11.1 Å². The Balaban J connectivity index is 1.77. The largest absolute Gasteiger partial charge is 0.344 e. The van der Waals surface area contributed by atoms with Gasteiger partial charge in [-0.05, 0) is 24.1 Å². The average Bonchev–Trinajstić information content (AvgIpc) is 2.68. The monoisotopic (exact) mass is 349 g/mol. The van der Waals surface area contributed by atoms with Gasteiger partial charge in [0.25, 0.3) is 0 Å². The number of amides is 1. The molecule has 1 unspecified atom stereocenters. The van der Waals surface area contributed by atoms with Gasteiger partial charge in [-0.1, -0.05) is 72.4 Å². The van der Waals surface area contributed by atoms with Gasteiger partial charge in [-0.2, -0.15) is 0 Å². The second kappa shape index (κ2) is 8.44. The summed E-state index contributed by atoms with van der Waals surface area (Å²) in [7, 11) is 0. The predicted octanol–water partition coefficient (Wildman–Crippen LogP) is 3.86. The van der Waals surface area contributed by atoms with Crippen LogP contribution in [0.25, 0.3) is 0 Å². The number of benzene rings is 2. The van der Waals surface area contributed by atoms with Crippen LogP contribution in [0.4, 0.5) is 0 Å². The highest BCUT2D eigenvalue weighted by atomic mass is 32.2. The van der Waals surface area contributed by atoms with Crippen LogP contribution in [0.3, 0.4) is 0 Å². The van der Waals surface area contributed by atoms with Gasteiger partial charge in [0.15, 0.2) is 5.16 Å². The molecule has 0 aliphatic carbocycles. The summed E-state index contributed by atoms with van der Waals surface area (Å²) in [6.45, 7) is 1.86. The highest BCUT2D eigenvalue weighted by Gasteiger charge is 2.21. The smallest absolute Gasteiger partial charge is 0.234 e. The molecule has 0 fully saturated rings. The number of thioether (sulfide) groups is 1. The second-order valence-electron chi connectivity index (χ2n) is 5.55. The summed E-state index contributed by atoms with van der Waals surface area (Å²) in [6, 6.07) is 21.5. The number of rotatable bonds is 6. The van der Waals surface area contributed by atoms with E-state index in [1.54, 1.807) is 18.5 Å². The first kappa shape index (κ1) is 17.2. The number of carbonyl (C=O) groups is 1. The van der Waals surface area contributed by atoms with E-state index in [4.69, 9.17) is 0 Å². The Morgan fingerprint density at radius 3 is 1.92 bits per heavy atom. The van der Waals surface area contributed by atoms with Crippen LogP contribution in [0.2, 0.25) is 0 Å². The number of nitrogens with one attached hydrogen (secondary N) is 1. The Morgan fingerprint density at radius 1 is 0.880 bits per heavy atom. The highest BCUT2D eigenvalue weighted by molar-refractivity contribution is 8.00. The number of hydrogen-bond donors (Lipinski definition) is 1. The molecule has 25 heavy (non-hydrogen) atoms. The summed E-state index contributed by atoms with van der Waals surface area (Å²) >= 11 is 1.35. The lowest BCUT2D eigenvalue weighted by molar-refractivity contribution is -0.120. The van der Waals surface area contributed by atoms with Gasteiger partial charge in [-0.15, -0.1) is 0 Å². The van der Waals surface area contributed by atoms with Crippen LogP contribution in [0.15, 0.2) is 84.3 Å². The minimum absolute atomic E-state index is 0.0461. The van der Waals surface area contributed by atoms with E-state index < -0.39 is 0 Å². The van der Waals surface area contributed by atoms with Crippen LogP contribution in [-0.4, -0.2) is 21.1 Å². The van der Waals surface area contributed by atoms with E-state index >= 15 is 0 Å². The van der Waals surface area contributed by atoms with Gasteiger partial charge < -0.3 is 5.32 Å². The minimum Gasteiger partial charge on any atom is -0.344 e. The lowest BCUT2D eigenvalue weighted by Crippen LogP contribution is -2.35. The molecule has 3 rings (SSSR count). The van der Waals surface area contributed by atoms with Crippen molar-refractivity contribution in [1.82, 2.24) is 15.3 Å². The van der Waals surface area contributed by atoms with Gasteiger partial charge in [-0.25, -0.2) is 9.97 Å². The maximum absolute atomic E-state index is 12.7. The Bertz CT molecular complexity index is 757. The van der Waals surface area contributed by atoms with E-state index in [-0.39, 0.29) is 17.2 Å². The summed E-state index contributed by atoms with van der Waals surface area (Å²) < 4.78 is 0. The standard InChI is InChI=1S/C20H19N3OS/c1-15(25-20-21-13-8-14-22-20)19(24)23-18(16-9-4-2-5-10-16)17-11-6-3-7-12-17/h2-15,18H,1H3,(H,23,24). The number of hydrogen-bond acceptors (Lipinski definition) is 4. The van der Waals surface area contributed by atoms with E-state index in [1.165, 1.54) is 11.8 Å². The zero-order chi connectivity index (χ0) is 17.5. The van der Waals surface area contributed by atoms with Crippen molar-refractivity contribution >= 4 is 17.7 Å². The molecule has 0 saturated carbocycles. The predicted molar refractivity (Wildman–Crippen MR) is 100 cm³/mol. The van der Waals surface area contributed by atoms with Crippen molar-refractivity contribution in [3.05, 3.63) is 90.3 Å². The van der Waals surface area contributed by atoms with E-state index in [9.17, 15) is 4.79 Å². The number of nitrogens with zero attached hydrogens (tertiary/aromatic N) is 2. The topological polar surface area (TPSA) is 54.9 Å². The molecule has 3 aromatic rings. The summed E-state index contributed by atoms with van der Waals surface area (Å²) in [5.74, 6) is -0.0461. The van der Waals surface area contributed by atoms with Crippen LogP contribution < -0.4 is 5.32 Å². The molecule has 126 valence electrons. The van der Waals surface area contributed by atoms with Crippen molar-refractivity contribution in [1.29, 1.82) is 0 Å². The van der Waals surface area contributed by atoms with Crippen LogP contribution >= 0.6 is 11.8 Å². The fraction of sp³-hybridized carbons (Fsp3) is 0.150. The molecule has 0 radical (unpaired) electrons. The summed E-state index contributed by atoms with van der Waals surface area (Å²) in [5, 5.41) is 3.46. The third kappa shape index (κ3) is 4.67. The molecule has 2 aromatic carbocycles. The fourth-order valence-corrected chi connectivity index (χ4v) is 3.20. The van der Waals surface area contributed by atoms with Crippen LogP contribution in [0.1, 0.15) is 24.1 Å². The molecule has 0 aliphatic heterocycles. The van der Waals surface area contributed by atoms with Gasteiger partial charge in [0, 0.05) is 12.4 Å². The van der Waals surface area contributed by atoms with Crippen molar-refractivity contribution in [3.8, 4) is 0 Å². The molecule has 4 nitrogen and oxygen atoms in total. The van der Waals surface area contributed by atoms with Gasteiger partial charge in [0.05, 0.1) is 11.3 Å². The summed E-state index contributed by atoms with van der Waals surface area (Å²) in [4.78, 5) is 21.1. The van der Waals surface area contributed by atoms with Crippen molar-refractivity contribution in [2.24, 2.45) is 0 Å². The maximum atomic E-state index is 12.7. The SMILES string of the molecule is CC(Sc1ncccn1)C(=O)NC(c1ccccc1)c1ccccc1. The van der Waals surface area contributed by atoms with E-state index in [2.05, 4.69) is 15.3 Å². The van der Waals surface area contributed by atoms with Crippen molar-refractivity contribution in [2.45, 2.75) is 23.4 Å². The quantitative estimate of drug-likeness (QED) is 0.542. The Morgan fingerprint density at radius 2 is 1.40 bits per heavy atom. The fourth-order valence-electron chi connectivity index (χ4n) is 2.47. The molecule has 1 aromatic heterocycles. The minimum atomic E-state index is -0.294. The lowest BCUT2D eigenvalue weighted by atomic mass is 9.98. The molecular weight excluding hydrogens is 330 g/mol. The lowest BCUT2D eigenvalue weighted by Gasteiger charge is -2.21. The zero-order valence-corrected chi connectivity index (χ0v) is 14.7. The Kier molecular flexibility index (Phi) is 5.80. The van der Waals surface area contributed by atoms with Crippen molar-refractivity contribution in [2.75, 3.05) is 0 Å². The molecule has 1 atom stereocenters. The zero-order valence-electron chi connectivity index (χ0n) is 13.9. The van der Waals surface area contributed by atoms with Crippen LogP contribution in [0, 0.1) is 0 Å². The van der Waals surface area contributed by atoms with Gasteiger partial charge >= 0.3 is 0 Å². The first-order chi connectivity index (χ1) is 12.2. The molecule has 5 heteroatoms. The number of carbonyl (C=O) groups excluding carboxylic acids is 1. The second-order valence-corrected chi connectivity index (χ2v) is 6.86. The van der Waals surface area contributed by atoms with Crippen molar-refractivity contribution in [3.63, 3.8) is 0 Å². The molecule has 0 aliphatic rings. The normalized spacial score (nSPS) is 11.9. The summed E-state index contributed by atoms with van der Waals surface area (Å²) in [5.41, 5.74) is 2.10. The summed E-state index contributed by atoms with van der Waals surface area (Å²) in [6.07, 6.45) is 3.35. The highest BCUT2D eigenvalue weighted by Crippen LogP contribution is 2.24. The van der Waals surface area contributed by atoms with E-state index in [1.807, 2.05) is 67.6 Å². The molecule has 1 heterocycles. The molecule has 0 bridgehead atoms. The maximum Gasteiger partial charge on any atom is 0.234 e.